The quantitative estimate of drug-likeness (QED) is 0.874. The van der Waals surface area contributed by atoms with E-state index >= 15 is 0 Å². The van der Waals surface area contributed by atoms with E-state index in [1.807, 2.05) is 11.7 Å². The predicted molar refractivity (Wildman–Crippen MR) is 76.0 cm³/mol. The van der Waals surface area contributed by atoms with Crippen LogP contribution in [0.5, 0.6) is 0 Å². The van der Waals surface area contributed by atoms with Gasteiger partial charge in [0, 0.05) is 19.6 Å². The summed E-state index contributed by atoms with van der Waals surface area (Å²) in [6.45, 7) is 9.76. The molecule has 0 saturated heterocycles. The van der Waals surface area contributed by atoms with Crippen molar-refractivity contribution in [3.05, 3.63) is 15.9 Å². The van der Waals surface area contributed by atoms with E-state index in [4.69, 9.17) is 0 Å². The monoisotopic (exact) mass is 301 g/mol. The maximum Gasteiger partial charge on any atom is 0.0767 e. The minimum absolute atomic E-state index is 0.571. The molecule has 0 bridgehead atoms. The Morgan fingerprint density at radius 3 is 2.41 bits per heavy atom. The molecule has 0 aliphatic heterocycles. The van der Waals surface area contributed by atoms with Gasteiger partial charge in [-0.3, -0.25) is 4.68 Å². The molecular formula is C13H24BrN3. The second-order valence-corrected chi connectivity index (χ2v) is 5.62. The van der Waals surface area contributed by atoms with Crippen molar-refractivity contribution in [2.24, 2.45) is 13.0 Å². The lowest BCUT2D eigenvalue weighted by Crippen LogP contribution is -2.33. The molecule has 1 atom stereocenters. The van der Waals surface area contributed by atoms with E-state index in [2.05, 4.69) is 54.0 Å². The number of rotatable bonds is 6. The molecule has 1 unspecified atom stereocenters. The van der Waals surface area contributed by atoms with Gasteiger partial charge in [-0.2, -0.15) is 5.10 Å². The first-order chi connectivity index (χ1) is 8.01. The van der Waals surface area contributed by atoms with Gasteiger partial charge in [0.2, 0.25) is 0 Å². The van der Waals surface area contributed by atoms with E-state index < -0.39 is 0 Å². The molecule has 0 aliphatic rings. The summed E-state index contributed by atoms with van der Waals surface area (Å²) in [4.78, 5) is 0. The first kappa shape index (κ1) is 14.7. The topological polar surface area (TPSA) is 29.9 Å². The molecular weight excluding hydrogens is 278 g/mol. The third-order valence-electron chi connectivity index (χ3n) is 3.28. The standard InChI is InChI=1S/C13H24BrN3/c1-6-10(9(3)4)15-8-12-13(14)11(7-2)16-17(12)5/h9-10,15H,6-8H2,1-5H3. The molecule has 17 heavy (non-hydrogen) atoms. The smallest absolute Gasteiger partial charge is 0.0767 e. The molecule has 1 aromatic heterocycles. The highest BCUT2D eigenvalue weighted by molar-refractivity contribution is 9.10. The number of hydrogen-bond acceptors (Lipinski definition) is 2. The minimum Gasteiger partial charge on any atom is -0.308 e. The van der Waals surface area contributed by atoms with Crippen molar-refractivity contribution in [1.82, 2.24) is 15.1 Å². The summed E-state index contributed by atoms with van der Waals surface area (Å²) in [5.74, 6) is 0.664. The molecule has 0 amide bonds. The van der Waals surface area contributed by atoms with Gasteiger partial charge >= 0.3 is 0 Å². The van der Waals surface area contributed by atoms with Gasteiger partial charge < -0.3 is 5.32 Å². The lowest BCUT2D eigenvalue weighted by Gasteiger charge is -2.20. The molecule has 1 aromatic rings. The molecule has 0 aliphatic carbocycles. The number of halogens is 1. The maximum atomic E-state index is 4.51. The van der Waals surface area contributed by atoms with E-state index in [-0.39, 0.29) is 0 Å². The molecule has 0 saturated carbocycles. The van der Waals surface area contributed by atoms with Gasteiger partial charge in [-0.25, -0.2) is 0 Å². The molecule has 98 valence electrons. The van der Waals surface area contributed by atoms with Crippen molar-refractivity contribution < 1.29 is 0 Å². The Hall–Kier alpha value is -0.350. The largest absolute Gasteiger partial charge is 0.308 e. The molecule has 0 fully saturated rings. The summed E-state index contributed by atoms with van der Waals surface area (Å²) in [7, 11) is 2.01. The van der Waals surface area contributed by atoms with E-state index in [1.165, 1.54) is 5.69 Å². The number of nitrogens with one attached hydrogen (secondary N) is 1. The number of aryl methyl sites for hydroxylation is 2. The van der Waals surface area contributed by atoms with Crippen LogP contribution < -0.4 is 5.32 Å². The van der Waals surface area contributed by atoms with Crippen molar-refractivity contribution in [1.29, 1.82) is 0 Å². The Bertz CT molecular complexity index is 358. The van der Waals surface area contributed by atoms with Crippen LogP contribution in [0.25, 0.3) is 0 Å². The average Bonchev–Trinajstić information content (AvgIpc) is 2.56. The molecule has 0 aromatic carbocycles. The number of hydrogen-bond donors (Lipinski definition) is 1. The van der Waals surface area contributed by atoms with Gasteiger partial charge in [-0.1, -0.05) is 27.7 Å². The SMILES string of the molecule is CCc1nn(C)c(CNC(CC)C(C)C)c1Br. The van der Waals surface area contributed by atoms with E-state index in [0.717, 1.165) is 29.6 Å². The Morgan fingerprint density at radius 2 is 2.00 bits per heavy atom. The van der Waals surface area contributed by atoms with Crippen LogP contribution in [0.3, 0.4) is 0 Å². The van der Waals surface area contributed by atoms with Crippen LogP contribution in [0.2, 0.25) is 0 Å². The fourth-order valence-electron chi connectivity index (χ4n) is 2.09. The van der Waals surface area contributed by atoms with Crippen molar-refractivity contribution in [2.45, 2.75) is 53.1 Å². The predicted octanol–water partition coefficient (Wildman–Crippen LogP) is 3.27. The summed E-state index contributed by atoms with van der Waals surface area (Å²) in [6, 6.07) is 0.571. The van der Waals surface area contributed by atoms with Crippen LogP contribution in [0.4, 0.5) is 0 Å². The van der Waals surface area contributed by atoms with Crippen LogP contribution in [0.1, 0.15) is 45.5 Å². The molecule has 0 radical (unpaired) electrons. The molecule has 0 spiro atoms. The van der Waals surface area contributed by atoms with Gasteiger partial charge in [0.05, 0.1) is 15.9 Å². The van der Waals surface area contributed by atoms with Crippen LogP contribution in [-0.4, -0.2) is 15.8 Å². The fraction of sp³-hybridized carbons (Fsp3) is 0.769. The van der Waals surface area contributed by atoms with Gasteiger partial charge in [-0.05, 0) is 34.7 Å². The van der Waals surface area contributed by atoms with E-state index in [9.17, 15) is 0 Å². The maximum absolute atomic E-state index is 4.51. The first-order valence-corrected chi connectivity index (χ1v) is 7.24. The van der Waals surface area contributed by atoms with Gasteiger partial charge in [0.1, 0.15) is 0 Å². The summed E-state index contributed by atoms with van der Waals surface area (Å²) in [5, 5.41) is 8.12. The average molecular weight is 302 g/mol. The summed E-state index contributed by atoms with van der Waals surface area (Å²) < 4.78 is 3.14. The second-order valence-electron chi connectivity index (χ2n) is 4.82. The zero-order valence-electron chi connectivity index (χ0n) is 11.5. The highest BCUT2D eigenvalue weighted by Crippen LogP contribution is 2.21. The lowest BCUT2D eigenvalue weighted by molar-refractivity contribution is 0.382. The highest BCUT2D eigenvalue weighted by atomic mass is 79.9. The molecule has 1 heterocycles. The Balaban J connectivity index is 2.72. The number of nitrogens with zero attached hydrogens (tertiary/aromatic N) is 2. The van der Waals surface area contributed by atoms with Gasteiger partial charge in [0.25, 0.3) is 0 Å². The van der Waals surface area contributed by atoms with Crippen molar-refractivity contribution >= 4 is 15.9 Å². The second kappa shape index (κ2) is 6.55. The van der Waals surface area contributed by atoms with Crippen LogP contribution in [0.15, 0.2) is 4.47 Å². The Labute approximate surface area is 113 Å². The van der Waals surface area contributed by atoms with Crippen molar-refractivity contribution in [3.8, 4) is 0 Å². The molecule has 1 N–H and O–H groups in total. The van der Waals surface area contributed by atoms with E-state index in [0.29, 0.717) is 12.0 Å². The summed E-state index contributed by atoms with van der Waals surface area (Å²) in [5.41, 5.74) is 2.38. The summed E-state index contributed by atoms with van der Waals surface area (Å²) >= 11 is 3.65. The molecule has 3 nitrogen and oxygen atoms in total. The normalized spacial score (nSPS) is 13.4. The van der Waals surface area contributed by atoms with E-state index in [1.54, 1.807) is 0 Å². The molecule has 1 rings (SSSR count). The van der Waals surface area contributed by atoms with Crippen LogP contribution in [-0.2, 0) is 20.0 Å². The summed E-state index contributed by atoms with van der Waals surface area (Å²) in [6.07, 6.45) is 2.13. The highest BCUT2D eigenvalue weighted by Gasteiger charge is 2.15. The van der Waals surface area contributed by atoms with Crippen LogP contribution >= 0.6 is 15.9 Å². The zero-order valence-corrected chi connectivity index (χ0v) is 13.1. The minimum atomic E-state index is 0.571. The third kappa shape index (κ3) is 3.55. The lowest BCUT2D eigenvalue weighted by atomic mass is 10.0. The first-order valence-electron chi connectivity index (χ1n) is 6.44. The van der Waals surface area contributed by atoms with Crippen molar-refractivity contribution in [3.63, 3.8) is 0 Å². The molecule has 4 heteroatoms. The third-order valence-corrected chi connectivity index (χ3v) is 4.19. The van der Waals surface area contributed by atoms with Gasteiger partial charge in [-0.15, -0.1) is 0 Å². The van der Waals surface area contributed by atoms with Gasteiger partial charge in [0.15, 0.2) is 0 Å². The Morgan fingerprint density at radius 1 is 1.35 bits per heavy atom. The Kier molecular flexibility index (Phi) is 5.67. The zero-order chi connectivity index (χ0) is 13.0. The number of aromatic nitrogens is 2. The van der Waals surface area contributed by atoms with Crippen molar-refractivity contribution in [2.75, 3.05) is 0 Å². The fourth-order valence-corrected chi connectivity index (χ4v) is 2.85. The van der Waals surface area contributed by atoms with Crippen LogP contribution in [0, 0.1) is 5.92 Å².